The van der Waals surface area contributed by atoms with E-state index in [0.29, 0.717) is 17.5 Å². The first-order chi connectivity index (χ1) is 33.5. The first-order valence-electron chi connectivity index (χ1n) is 23.7. The monoisotopic (exact) mass is 895 g/mol. The molecule has 1 aliphatic rings. The van der Waals surface area contributed by atoms with Crippen LogP contribution in [0, 0.1) is 0 Å². The van der Waals surface area contributed by atoms with Gasteiger partial charge in [-0.3, -0.25) is 0 Å². The van der Waals surface area contributed by atoms with E-state index in [1.807, 2.05) is 97.1 Å². The van der Waals surface area contributed by atoms with Crippen LogP contribution in [-0.4, -0.2) is 15.0 Å². The lowest BCUT2D eigenvalue weighted by atomic mass is 9.65. The second-order valence-corrected chi connectivity index (χ2v) is 20.6. The second kappa shape index (κ2) is 18.8. The molecule has 0 bridgehead atoms. The van der Waals surface area contributed by atoms with Crippen LogP contribution in [0.25, 0.3) is 67.5 Å². The van der Waals surface area contributed by atoms with Crippen LogP contribution in [0.15, 0.2) is 243 Å². The fourth-order valence-corrected chi connectivity index (χ4v) is 12.8. The molecule has 0 saturated heterocycles. The molecule has 328 valence electrons. The Kier molecular flexibility index (Phi) is 11.9. The molecule has 9 aromatic carbocycles. The van der Waals surface area contributed by atoms with Crippen LogP contribution in [0.3, 0.4) is 0 Å². The Morgan fingerprint density at radius 1 is 0.294 bits per heavy atom. The second-order valence-electron chi connectivity index (χ2n) is 17.8. The van der Waals surface area contributed by atoms with Gasteiger partial charge in [0.2, 0.25) is 0 Å². The minimum absolute atomic E-state index is 0.115. The molecule has 4 nitrogen and oxygen atoms in total. The zero-order valence-electron chi connectivity index (χ0n) is 37.8. The van der Waals surface area contributed by atoms with Crippen LogP contribution >= 0.6 is 7.14 Å². The summed E-state index contributed by atoms with van der Waals surface area (Å²) < 4.78 is 15.2. The zero-order valence-corrected chi connectivity index (χ0v) is 38.7. The third-order valence-corrected chi connectivity index (χ3v) is 16.8. The summed E-state index contributed by atoms with van der Waals surface area (Å²) in [7, 11) is -3.10. The van der Waals surface area contributed by atoms with Gasteiger partial charge >= 0.3 is 0 Å². The Labute approximate surface area is 399 Å². The van der Waals surface area contributed by atoms with E-state index in [1.165, 1.54) is 41.5 Å². The van der Waals surface area contributed by atoms with Crippen molar-refractivity contribution in [3.63, 3.8) is 0 Å². The first-order valence-corrected chi connectivity index (χ1v) is 25.4. The molecule has 0 radical (unpaired) electrons. The van der Waals surface area contributed by atoms with Crippen molar-refractivity contribution in [3.05, 3.63) is 254 Å². The standard InChI is InChI=1S/C63H50N3OP/c67-68(57-22-10-3-11-23-57,58-24-12-4-13-25-58)59-26-16-21-54(45-59)50-35-39-55(40-36-50)63(43-14-5-15-44-63)56-41-37-53(38-42-56)62-65-60(51-19-8-2-9-20-51)64-61(66-62)52-33-31-49(32-34-52)48-29-27-47(28-30-48)46-17-6-1-7-18-46/h1-4,6-13,16-42,45H,5,14-15,43-44H2. The maximum Gasteiger partial charge on any atom is 0.171 e. The topological polar surface area (TPSA) is 55.7 Å². The lowest BCUT2D eigenvalue weighted by Gasteiger charge is -2.39. The SMILES string of the molecule is O=P(c1ccccc1)(c1ccccc1)c1cccc(-c2ccc(C3(c4ccc(-c5nc(-c6ccccc6)nc(-c6ccc(-c7ccc(-c8ccccc8)cc7)cc6)n5)cc4)CCCCC3)cc2)c1. The van der Waals surface area contributed by atoms with E-state index in [4.69, 9.17) is 15.0 Å². The highest BCUT2D eigenvalue weighted by Crippen LogP contribution is 2.47. The summed E-state index contributed by atoms with van der Waals surface area (Å²) in [5.41, 5.74) is 12.2. The molecule has 11 rings (SSSR count). The van der Waals surface area contributed by atoms with Gasteiger partial charge in [0, 0.05) is 38.0 Å². The van der Waals surface area contributed by atoms with Gasteiger partial charge in [-0.1, -0.05) is 256 Å². The van der Waals surface area contributed by atoms with Crippen molar-refractivity contribution in [3.8, 4) is 67.5 Å². The van der Waals surface area contributed by atoms with Crippen LogP contribution in [0.2, 0.25) is 0 Å². The number of hydrogen-bond donors (Lipinski definition) is 0. The molecule has 0 N–H and O–H groups in total. The average molecular weight is 896 g/mol. The van der Waals surface area contributed by atoms with Gasteiger partial charge in [-0.15, -0.1) is 0 Å². The number of aromatic nitrogens is 3. The predicted octanol–water partition coefficient (Wildman–Crippen LogP) is 14.8. The summed E-state index contributed by atoms with van der Waals surface area (Å²) in [5.74, 6) is 1.93. The molecule has 10 aromatic rings. The molecule has 0 atom stereocenters. The van der Waals surface area contributed by atoms with E-state index in [1.54, 1.807) is 0 Å². The van der Waals surface area contributed by atoms with Crippen molar-refractivity contribution in [2.75, 3.05) is 0 Å². The fraction of sp³-hybridized carbons (Fsp3) is 0.0952. The molecule has 1 aliphatic carbocycles. The van der Waals surface area contributed by atoms with Crippen LogP contribution in [0.5, 0.6) is 0 Å². The van der Waals surface area contributed by atoms with Gasteiger partial charge in [0.1, 0.15) is 0 Å². The predicted molar refractivity (Wildman–Crippen MR) is 282 cm³/mol. The van der Waals surface area contributed by atoms with Gasteiger partial charge < -0.3 is 4.57 Å². The van der Waals surface area contributed by atoms with E-state index < -0.39 is 7.14 Å². The van der Waals surface area contributed by atoms with Gasteiger partial charge in [-0.05, 0) is 63.4 Å². The third-order valence-electron chi connectivity index (χ3n) is 13.8. The minimum atomic E-state index is -3.10. The summed E-state index contributed by atoms with van der Waals surface area (Å²) in [6.45, 7) is 0. The molecular formula is C63H50N3OP. The smallest absolute Gasteiger partial charge is 0.171 e. The summed E-state index contributed by atoms with van der Waals surface area (Å²) in [6, 6.07) is 84.1. The Bertz CT molecular complexity index is 3290. The molecule has 0 amide bonds. The molecule has 0 aliphatic heterocycles. The molecule has 0 unspecified atom stereocenters. The van der Waals surface area contributed by atoms with Crippen molar-refractivity contribution >= 4 is 23.1 Å². The van der Waals surface area contributed by atoms with Crippen molar-refractivity contribution in [2.45, 2.75) is 37.5 Å². The van der Waals surface area contributed by atoms with Gasteiger partial charge in [0.15, 0.2) is 24.6 Å². The normalized spacial score (nSPS) is 13.5. The van der Waals surface area contributed by atoms with E-state index >= 15 is 4.57 Å². The number of rotatable bonds is 11. The number of hydrogen-bond acceptors (Lipinski definition) is 4. The van der Waals surface area contributed by atoms with Crippen molar-refractivity contribution in [1.29, 1.82) is 0 Å². The Morgan fingerprint density at radius 2 is 0.603 bits per heavy atom. The van der Waals surface area contributed by atoms with Gasteiger partial charge in [-0.2, -0.15) is 0 Å². The number of benzene rings is 9. The first kappa shape index (κ1) is 42.8. The highest BCUT2D eigenvalue weighted by atomic mass is 31.2. The fourth-order valence-electron chi connectivity index (χ4n) is 10.1. The molecule has 5 heteroatoms. The van der Waals surface area contributed by atoms with Gasteiger partial charge in [0.25, 0.3) is 0 Å². The Balaban J connectivity index is 0.891. The lowest BCUT2D eigenvalue weighted by Crippen LogP contribution is -2.30. The van der Waals surface area contributed by atoms with E-state index in [9.17, 15) is 0 Å². The van der Waals surface area contributed by atoms with Crippen LogP contribution in [-0.2, 0) is 9.98 Å². The summed E-state index contributed by atoms with van der Waals surface area (Å²) in [6.07, 6.45) is 5.76. The quantitative estimate of drug-likeness (QED) is 0.121. The Hall–Kier alpha value is -7.78. The van der Waals surface area contributed by atoms with Gasteiger partial charge in [-0.25, -0.2) is 15.0 Å². The van der Waals surface area contributed by atoms with E-state index in [-0.39, 0.29) is 5.41 Å². The highest BCUT2D eigenvalue weighted by molar-refractivity contribution is 7.85. The zero-order chi connectivity index (χ0) is 45.8. The number of nitrogens with zero attached hydrogens (tertiary/aromatic N) is 3. The molecule has 1 fully saturated rings. The summed E-state index contributed by atoms with van der Waals surface area (Å²) >= 11 is 0. The Morgan fingerprint density at radius 3 is 1.06 bits per heavy atom. The van der Waals surface area contributed by atoms with E-state index in [2.05, 4.69) is 146 Å². The molecule has 0 spiro atoms. The minimum Gasteiger partial charge on any atom is -0.309 e. The average Bonchev–Trinajstić information content (AvgIpc) is 3.44. The van der Waals surface area contributed by atoms with E-state index in [0.717, 1.165) is 67.7 Å². The molecular weight excluding hydrogens is 846 g/mol. The van der Waals surface area contributed by atoms with Gasteiger partial charge in [0.05, 0.1) is 0 Å². The van der Waals surface area contributed by atoms with Crippen molar-refractivity contribution in [1.82, 2.24) is 15.0 Å². The van der Waals surface area contributed by atoms with Crippen molar-refractivity contribution in [2.24, 2.45) is 0 Å². The molecule has 1 saturated carbocycles. The highest BCUT2D eigenvalue weighted by Gasteiger charge is 2.36. The van der Waals surface area contributed by atoms with Crippen LogP contribution in [0.1, 0.15) is 43.2 Å². The van der Waals surface area contributed by atoms with Crippen molar-refractivity contribution < 1.29 is 4.57 Å². The summed E-state index contributed by atoms with van der Waals surface area (Å²) in [5, 5.41) is 2.51. The lowest BCUT2D eigenvalue weighted by molar-refractivity contribution is 0.346. The third kappa shape index (κ3) is 8.45. The maximum absolute atomic E-state index is 15.2. The molecule has 68 heavy (non-hydrogen) atoms. The van der Waals surface area contributed by atoms with Crippen LogP contribution < -0.4 is 15.9 Å². The largest absolute Gasteiger partial charge is 0.309 e. The summed E-state index contributed by atoms with van der Waals surface area (Å²) in [4.78, 5) is 15.2. The van der Waals surface area contributed by atoms with Crippen LogP contribution in [0.4, 0.5) is 0 Å². The maximum atomic E-state index is 15.2. The molecule has 1 heterocycles. The molecule has 1 aromatic heterocycles.